The summed E-state index contributed by atoms with van der Waals surface area (Å²) >= 11 is 0. The van der Waals surface area contributed by atoms with Crippen molar-refractivity contribution in [1.82, 2.24) is 25.2 Å². The Labute approximate surface area is 138 Å². The van der Waals surface area contributed by atoms with Crippen LogP contribution in [-0.4, -0.2) is 45.6 Å². The Kier molecular flexibility index (Phi) is 7.32. The number of unbranched alkanes of at least 4 members (excludes halogenated alkanes) is 3. The van der Waals surface area contributed by atoms with Crippen molar-refractivity contribution >= 4 is 6.03 Å². The highest BCUT2D eigenvalue weighted by Gasteiger charge is 2.20. The zero-order valence-electron chi connectivity index (χ0n) is 14.2. The van der Waals surface area contributed by atoms with E-state index in [9.17, 15) is 4.79 Å². The van der Waals surface area contributed by atoms with Gasteiger partial charge in [0.1, 0.15) is 5.69 Å². The zero-order chi connectivity index (χ0) is 16.5. The van der Waals surface area contributed by atoms with Gasteiger partial charge in [0.15, 0.2) is 0 Å². The number of amides is 2. The van der Waals surface area contributed by atoms with Gasteiger partial charge in [-0.3, -0.25) is 4.68 Å². The molecule has 0 aliphatic carbocycles. The zero-order valence-corrected chi connectivity index (χ0v) is 14.2. The predicted octanol–water partition coefficient (Wildman–Crippen LogP) is 1.74. The summed E-state index contributed by atoms with van der Waals surface area (Å²) in [4.78, 5) is 13.3. The number of nitrogens with two attached hydrogens (primary N) is 1. The molecular formula is C16H30N6O. The fraction of sp³-hybridized carbons (Fsp3) is 0.812. The first kappa shape index (κ1) is 17.7. The van der Waals surface area contributed by atoms with E-state index >= 15 is 0 Å². The van der Waals surface area contributed by atoms with Crippen LogP contribution in [0.4, 0.5) is 4.79 Å². The van der Waals surface area contributed by atoms with Gasteiger partial charge in [-0.1, -0.05) is 31.4 Å². The van der Waals surface area contributed by atoms with Gasteiger partial charge < -0.3 is 16.0 Å². The highest BCUT2D eigenvalue weighted by atomic mass is 16.2. The third-order valence-electron chi connectivity index (χ3n) is 4.41. The molecule has 1 aliphatic rings. The van der Waals surface area contributed by atoms with Gasteiger partial charge in [-0.15, -0.1) is 5.10 Å². The Bertz CT molecular complexity index is 475. The van der Waals surface area contributed by atoms with Crippen molar-refractivity contribution in [2.24, 2.45) is 11.7 Å². The van der Waals surface area contributed by atoms with E-state index < -0.39 is 6.03 Å². The largest absolute Gasteiger partial charge is 0.352 e. The van der Waals surface area contributed by atoms with Crippen LogP contribution in [-0.2, 0) is 13.1 Å². The van der Waals surface area contributed by atoms with Crippen molar-refractivity contribution in [1.29, 1.82) is 0 Å². The molecule has 1 aromatic rings. The average molecular weight is 322 g/mol. The van der Waals surface area contributed by atoms with Crippen molar-refractivity contribution in [3.63, 3.8) is 0 Å². The van der Waals surface area contributed by atoms with E-state index in [0.717, 1.165) is 18.8 Å². The van der Waals surface area contributed by atoms with Crippen molar-refractivity contribution < 1.29 is 4.79 Å². The van der Waals surface area contributed by atoms with E-state index in [1.165, 1.54) is 51.6 Å². The topological polar surface area (TPSA) is 89.1 Å². The minimum absolute atomic E-state index is 0.337. The van der Waals surface area contributed by atoms with Crippen LogP contribution >= 0.6 is 0 Å². The first-order valence-electron chi connectivity index (χ1n) is 8.82. The van der Waals surface area contributed by atoms with Crippen molar-refractivity contribution in [2.45, 2.75) is 58.5 Å². The van der Waals surface area contributed by atoms with Crippen LogP contribution in [0, 0.1) is 5.92 Å². The number of hydrogen-bond acceptors (Lipinski definition) is 4. The molecule has 0 saturated carbocycles. The molecule has 1 fully saturated rings. The Balaban J connectivity index is 1.73. The summed E-state index contributed by atoms with van der Waals surface area (Å²) in [6.45, 7) is 7.09. The third kappa shape index (κ3) is 6.56. The van der Waals surface area contributed by atoms with E-state index in [4.69, 9.17) is 5.73 Å². The van der Waals surface area contributed by atoms with E-state index in [-0.39, 0.29) is 0 Å². The lowest BCUT2D eigenvalue weighted by Gasteiger charge is -2.32. The van der Waals surface area contributed by atoms with Gasteiger partial charge in [0.25, 0.3) is 0 Å². The fourth-order valence-corrected chi connectivity index (χ4v) is 3.22. The lowest BCUT2D eigenvalue weighted by atomic mass is 9.97. The standard InChI is InChI=1S/C16H30N6O/c1-2-3-4-5-8-21-9-6-7-14(11-21)12-22-13-15(19-20-22)10-18-16(17)23/h13-14H,2-12H2,1H3,(H3,17,18,23). The summed E-state index contributed by atoms with van der Waals surface area (Å²) in [5, 5.41) is 10.8. The third-order valence-corrected chi connectivity index (χ3v) is 4.41. The molecule has 1 aliphatic heterocycles. The smallest absolute Gasteiger partial charge is 0.312 e. The number of urea groups is 1. The minimum Gasteiger partial charge on any atom is -0.352 e. The van der Waals surface area contributed by atoms with Gasteiger partial charge in [-0.2, -0.15) is 0 Å². The number of nitrogens with one attached hydrogen (secondary N) is 1. The highest BCUT2D eigenvalue weighted by molar-refractivity contribution is 5.71. The second kappa shape index (κ2) is 9.50. The molecule has 2 rings (SSSR count). The van der Waals surface area contributed by atoms with E-state index in [1.807, 2.05) is 10.9 Å². The Morgan fingerprint density at radius 3 is 3.09 bits per heavy atom. The second-order valence-electron chi connectivity index (χ2n) is 6.52. The Morgan fingerprint density at radius 2 is 2.30 bits per heavy atom. The molecule has 3 N–H and O–H groups in total. The van der Waals surface area contributed by atoms with Crippen molar-refractivity contribution in [2.75, 3.05) is 19.6 Å². The van der Waals surface area contributed by atoms with Gasteiger partial charge >= 0.3 is 6.03 Å². The van der Waals surface area contributed by atoms with Gasteiger partial charge in [0.05, 0.1) is 12.7 Å². The fourth-order valence-electron chi connectivity index (χ4n) is 3.22. The number of carbonyl (C=O) groups excluding carboxylic acids is 1. The Hall–Kier alpha value is -1.63. The monoisotopic (exact) mass is 322 g/mol. The molecule has 0 bridgehead atoms. The quantitative estimate of drug-likeness (QED) is 0.678. The number of hydrogen-bond donors (Lipinski definition) is 2. The summed E-state index contributed by atoms with van der Waals surface area (Å²) in [5.74, 6) is 0.633. The summed E-state index contributed by atoms with van der Waals surface area (Å²) in [6, 6.07) is -0.537. The number of aromatic nitrogens is 3. The van der Waals surface area contributed by atoms with Gasteiger partial charge in [-0.25, -0.2) is 4.79 Å². The average Bonchev–Trinajstić information content (AvgIpc) is 2.97. The SMILES string of the molecule is CCCCCCN1CCCC(Cn2cc(CNC(N)=O)nn2)C1. The summed E-state index contributed by atoms with van der Waals surface area (Å²) in [6.07, 6.45) is 9.71. The van der Waals surface area contributed by atoms with E-state index in [2.05, 4.69) is 27.5 Å². The van der Waals surface area contributed by atoms with Crippen LogP contribution in [0.5, 0.6) is 0 Å². The Morgan fingerprint density at radius 1 is 1.43 bits per heavy atom. The van der Waals surface area contributed by atoms with Gasteiger partial charge in [-0.05, 0) is 38.3 Å². The molecule has 2 heterocycles. The maximum atomic E-state index is 10.7. The molecule has 0 aromatic carbocycles. The first-order valence-corrected chi connectivity index (χ1v) is 8.82. The van der Waals surface area contributed by atoms with Gasteiger partial charge in [0, 0.05) is 13.1 Å². The summed E-state index contributed by atoms with van der Waals surface area (Å²) in [5.41, 5.74) is 5.81. The molecule has 1 atom stereocenters. The lowest BCUT2D eigenvalue weighted by molar-refractivity contribution is 0.157. The molecule has 1 saturated heterocycles. The van der Waals surface area contributed by atoms with Crippen LogP contribution in [0.3, 0.4) is 0 Å². The second-order valence-corrected chi connectivity index (χ2v) is 6.52. The molecule has 1 unspecified atom stereocenters. The predicted molar refractivity (Wildman–Crippen MR) is 89.8 cm³/mol. The molecule has 1 aromatic heterocycles. The molecule has 2 amide bonds. The number of piperidine rings is 1. The number of nitrogens with zero attached hydrogens (tertiary/aromatic N) is 4. The van der Waals surface area contributed by atoms with Crippen molar-refractivity contribution in [3.05, 3.63) is 11.9 Å². The van der Waals surface area contributed by atoms with Crippen LogP contribution in [0.2, 0.25) is 0 Å². The molecule has 130 valence electrons. The van der Waals surface area contributed by atoms with Crippen molar-refractivity contribution in [3.8, 4) is 0 Å². The maximum Gasteiger partial charge on any atom is 0.312 e. The molecule has 0 spiro atoms. The minimum atomic E-state index is -0.537. The molecule has 23 heavy (non-hydrogen) atoms. The summed E-state index contributed by atoms with van der Waals surface area (Å²) < 4.78 is 1.89. The first-order chi connectivity index (χ1) is 11.2. The number of primary amides is 1. The van der Waals surface area contributed by atoms with E-state index in [0.29, 0.717) is 12.5 Å². The maximum absolute atomic E-state index is 10.7. The van der Waals surface area contributed by atoms with Crippen LogP contribution < -0.4 is 11.1 Å². The number of likely N-dealkylation sites (tertiary alicyclic amines) is 1. The number of carbonyl (C=O) groups is 1. The highest BCUT2D eigenvalue weighted by Crippen LogP contribution is 2.18. The molecule has 0 radical (unpaired) electrons. The number of rotatable bonds is 9. The van der Waals surface area contributed by atoms with E-state index in [1.54, 1.807) is 0 Å². The lowest BCUT2D eigenvalue weighted by Crippen LogP contribution is -2.37. The van der Waals surface area contributed by atoms with Crippen LogP contribution in [0.1, 0.15) is 51.1 Å². The molecule has 7 heteroatoms. The molecular weight excluding hydrogens is 292 g/mol. The summed E-state index contributed by atoms with van der Waals surface area (Å²) in [7, 11) is 0. The van der Waals surface area contributed by atoms with Gasteiger partial charge in [0.2, 0.25) is 0 Å². The van der Waals surface area contributed by atoms with Crippen LogP contribution in [0.15, 0.2) is 6.20 Å². The normalized spacial score (nSPS) is 18.9. The molecule has 7 nitrogen and oxygen atoms in total. The van der Waals surface area contributed by atoms with Crippen LogP contribution in [0.25, 0.3) is 0 Å².